The van der Waals surface area contributed by atoms with Gasteiger partial charge in [0.05, 0.1) is 11.6 Å². The molecular formula is C15H12N4O2. The van der Waals surface area contributed by atoms with Gasteiger partial charge in [-0.15, -0.1) is 0 Å². The molecular weight excluding hydrogens is 268 g/mol. The molecule has 2 aromatic rings. The van der Waals surface area contributed by atoms with Crippen LogP contribution in [-0.4, -0.2) is 11.9 Å². The summed E-state index contributed by atoms with van der Waals surface area (Å²) in [4.78, 5) is 22.7. The summed E-state index contributed by atoms with van der Waals surface area (Å²) < 4.78 is 0. The molecule has 21 heavy (non-hydrogen) atoms. The van der Waals surface area contributed by atoms with Crippen LogP contribution in [0.25, 0.3) is 0 Å². The lowest BCUT2D eigenvalue weighted by Gasteiger charge is -2.08. The maximum Gasteiger partial charge on any atom is 0.323 e. The number of amides is 3. The minimum absolute atomic E-state index is 0.369. The van der Waals surface area contributed by atoms with Gasteiger partial charge in [-0.2, -0.15) is 5.26 Å². The number of primary amides is 1. The third-order valence-corrected chi connectivity index (χ3v) is 2.70. The summed E-state index contributed by atoms with van der Waals surface area (Å²) in [5.74, 6) is -0.524. The predicted molar refractivity (Wildman–Crippen MR) is 78.8 cm³/mol. The number of nitrogens with one attached hydrogen (secondary N) is 2. The van der Waals surface area contributed by atoms with E-state index in [-0.39, 0.29) is 0 Å². The Balaban J connectivity index is 1.97. The molecule has 0 spiro atoms. The van der Waals surface area contributed by atoms with Crippen molar-refractivity contribution >= 4 is 23.3 Å². The van der Waals surface area contributed by atoms with E-state index in [4.69, 9.17) is 11.0 Å². The lowest BCUT2D eigenvalue weighted by atomic mass is 10.2. The van der Waals surface area contributed by atoms with Gasteiger partial charge in [0, 0.05) is 16.9 Å². The summed E-state index contributed by atoms with van der Waals surface area (Å²) in [5.41, 5.74) is 7.12. The summed E-state index contributed by atoms with van der Waals surface area (Å²) >= 11 is 0. The highest BCUT2D eigenvalue weighted by atomic mass is 16.2. The van der Waals surface area contributed by atoms with E-state index in [9.17, 15) is 9.59 Å². The molecule has 0 fully saturated rings. The first-order chi connectivity index (χ1) is 10.1. The normalized spacial score (nSPS) is 9.48. The van der Waals surface area contributed by atoms with Crippen molar-refractivity contribution in [1.82, 2.24) is 0 Å². The number of nitriles is 1. The molecule has 6 heteroatoms. The molecule has 0 heterocycles. The van der Waals surface area contributed by atoms with Crippen molar-refractivity contribution in [2.75, 3.05) is 10.6 Å². The minimum Gasteiger partial charge on any atom is -0.366 e. The SMILES string of the molecule is N#Cc1ccc(NC(=O)Nc2ccc(C(N)=O)cc2)cc1. The molecule has 0 aliphatic carbocycles. The Bertz CT molecular complexity index is 700. The average Bonchev–Trinajstić information content (AvgIpc) is 2.48. The largest absolute Gasteiger partial charge is 0.366 e. The number of anilines is 2. The Kier molecular flexibility index (Phi) is 4.17. The zero-order valence-corrected chi connectivity index (χ0v) is 11.0. The first-order valence-corrected chi connectivity index (χ1v) is 6.06. The second kappa shape index (κ2) is 6.21. The molecule has 0 aromatic heterocycles. The Morgan fingerprint density at radius 2 is 1.38 bits per heavy atom. The number of benzene rings is 2. The van der Waals surface area contributed by atoms with Gasteiger partial charge in [-0.3, -0.25) is 4.79 Å². The second-order valence-corrected chi connectivity index (χ2v) is 4.21. The zero-order chi connectivity index (χ0) is 15.2. The second-order valence-electron chi connectivity index (χ2n) is 4.21. The van der Waals surface area contributed by atoms with Crippen LogP contribution >= 0.6 is 0 Å². The van der Waals surface area contributed by atoms with Gasteiger partial charge in [-0.05, 0) is 48.5 Å². The van der Waals surface area contributed by atoms with E-state index >= 15 is 0 Å². The maximum absolute atomic E-state index is 11.8. The van der Waals surface area contributed by atoms with E-state index in [0.29, 0.717) is 22.5 Å². The Labute approximate surface area is 121 Å². The number of rotatable bonds is 3. The van der Waals surface area contributed by atoms with Crippen LogP contribution in [0.3, 0.4) is 0 Å². The summed E-state index contributed by atoms with van der Waals surface area (Å²) in [6, 6.07) is 14.3. The van der Waals surface area contributed by atoms with Crippen molar-refractivity contribution in [3.63, 3.8) is 0 Å². The van der Waals surface area contributed by atoms with Gasteiger partial charge in [-0.25, -0.2) is 4.79 Å². The number of hydrogen-bond acceptors (Lipinski definition) is 3. The molecule has 2 rings (SSSR count). The number of carbonyl (C=O) groups excluding carboxylic acids is 2. The molecule has 0 unspecified atom stereocenters. The fraction of sp³-hybridized carbons (Fsp3) is 0. The molecule has 3 amide bonds. The van der Waals surface area contributed by atoms with Gasteiger partial charge >= 0.3 is 6.03 Å². The van der Waals surface area contributed by atoms with Crippen molar-refractivity contribution in [2.24, 2.45) is 5.73 Å². The van der Waals surface area contributed by atoms with E-state index in [1.54, 1.807) is 36.4 Å². The van der Waals surface area contributed by atoms with Crippen molar-refractivity contribution in [3.05, 3.63) is 59.7 Å². The number of carbonyl (C=O) groups is 2. The van der Waals surface area contributed by atoms with Gasteiger partial charge < -0.3 is 16.4 Å². The average molecular weight is 280 g/mol. The van der Waals surface area contributed by atoms with Crippen molar-refractivity contribution in [1.29, 1.82) is 5.26 Å². The van der Waals surface area contributed by atoms with Crippen LogP contribution in [0.5, 0.6) is 0 Å². The fourth-order valence-electron chi connectivity index (χ4n) is 1.64. The van der Waals surface area contributed by atoms with E-state index in [2.05, 4.69) is 10.6 Å². The lowest BCUT2D eigenvalue weighted by Crippen LogP contribution is -2.19. The standard InChI is InChI=1S/C15H12N4O2/c16-9-10-1-5-12(6-2-10)18-15(21)19-13-7-3-11(4-8-13)14(17)20/h1-8H,(H2,17,20)(H2,18,19,21). The van der Waals surface area contributed by atoms with E-state index in [1.807, 2.05) is 6.07 Å². The molecule has 4 N–H and O–H groups in total. The number of urea groups is 1. The van der Waals surface area contributed by atoms with Gasteiger partial charge in [0.2, 0.25) is 5.91 Å². The molecule has 104 valence electrons. The van der Waals surface area contributed by atoms with Crippen LogP contribution in [0.15, 0.2) is 48.5 Å². The van der Waals surface area contributed by atoms with Crippen LogP contribution in [0, 0.1) is 11.3 Å². The van der Waals surface area contributed by atoms with Crippen LogP contribution in [-0.2, 0) is 0 Å². The van der Waals surface area contributed by atoms with Gasteiger partial charge in [0.25, 0.3) is 0 Å². The Hall–Kier alpha value is -3.33. The predicted octanol–water partition coefficient (Wildman–Crippen LogP) is 2.30. The third kappa shape index (κ3) is 3.81. The maximum atomic E-state index is 11.8. The van der Waals surface area contributed by atoms with E-state index in [0.717, 1.165) is 0 Å². The summed E-state index contributed by atoms with van der Waals surface area (Å²) in [6.07, 6.45) is 0. The summed E-state index contributed by atoms with van der Waals surface area (Å²) in [5, 5.41) is 13.9. The zero-order valence-electron chi connectivity index (χ0n) is 11.0. The number of nitrogens with zero attached hydrogens (tertiary/aromatic N) is 1. The van der Waals surface area contributed by atoms with Gasteiger partial charge in [0.1, 0.15) is 0 Å². The van der Waals surface area contributed by atoms with Gasteiger partial charge in [-0.1, -0.05) is 0 Å². The van der Waals surface area contributed by atoms with Crippen molar-refractivity contribution < 1.29 is 9.59 Å². The lowest BCUT2D eigenvalue weighted by molar-refractivity contribution is 0.100. The molecule has 2 aromatic carbocycles. The highest BCUT2D eigenvalue weighted by Crippen LogP contribution is 2.12. The van der Waals surface area contributed by atoms with Crippen LogP contribution in [0.1, 0.15) is 15.9 Å². The summed E-state index contributed by atoms with van der Waals surface area (Å²) in [7, 11) is 0. The molecule has 0 bridgehead atoms. The molecule has 0 aliphatic rings. The van der Waals surface area contributed by atoms with E-state index in [1.165, 1.54) is 12.1 Å². The third-order valence-electron chi connectivity index (χ3n) is 2.70. The first-order valence-electron chi connectivity index (χ1n) is 6.06. The summed E-state index contributed by atoms with van der Waals surface area (Å²) in [6.45, 7) is 0. The van der Waals surface area contributed by atoms with Crippen LogP contribution in [0.2, 0.25) is 0 Å². The quantitative estimate of drug-likeness (QED) is 0.802. The van der Waals surface area contributed by atoms with Crippen LogP contribution < -0.4 is 16.4 Å². The topological polar surface area (TPSA) is 108 Å². The van der Waals surface area contributed by atoms with Gasteiger partial charge in [0.15, 0.2) is 0 Å². The van der Waals surface area contributed by atoms with E-state index < -0.39 is 11.9 Å². The molecule has 0 saturated carbocycles. The van der Waals surface area contributed by atoms with Crippen LogP contribution in [0.4, 0.5) is 16.2 Å². The fourth-order valence-corrected chi connectivity index (χ4v) is 1.64. The minimum atomic E-state index is -0.524. The Morgan fingerprint density at radius 1 is 0.905 bits per heavy atom. The molecule has 0 aliphatic heterocycles. The number of hydrogen-bond donors (Lipinski definition) is 3. The first kappa shape index (κ1) is 14.1. The van der Waals surface area contributed by atoms with Crippen molar-refractivity contribution in [2.45, 2.75) is 0 Å². The molecule has 6 nitrogen and oxygen atoms in total. The molecule has 0 saturated heterocycles. The highest BCUT2D eigenvalue weighted by Gasteiger charge is 2.04. The Morgan fingerprint density at radius 3 is 1.81 bits per heavy atom. The molecule has 0 atom stereocenters. The monoisotopic (exact) mass is 280 g/mol. The number of nitrogens with two attached hydrogens (primary N) is 1. The highest BCUT2D eigenvalue weighted by molar-refractivity contribution is 6.00. The smallest absolute Gasteiger partial charge is 0.323 e. The molecule has 0 radical (unpaired) electrons. The van der Waals surface area contributed by atoms with Crippen molar-refractivity contribution in [3.8, 4) is 6.07 Å².